The van der Waals surface area contributed by atoms with Gasteiger partial charge in [-0.2, -0.15) is 0 Å². The molecule has 1 heterocycles. The molecule has 0 aromatic heterocycles. The summed E-state index contributed by atoms with van der Waals surface area (Å²) in [6, 6.07) is 3.44. The van der Waals surface area contributed by atoms with Crippen LogP contribution in [0.4, 0.5) is 0 Å². The minimum Gasteiger partial charge on any atom is -0.507 e. The first-order valence-corrected chi connectivity index (χ1v) is 4.89. The van der Waals surface area contributed by atoms with Gasteiger partial charge in [0, 0.05) is 18.0 Å². The number of phenols is 1. The highest BCUT2D eigenvalue weighted by Gasteiger charge is 2.21. The zero-order valence-electron chi connectivity index (χ0n) is 6.96. The van der Waals surface area contributed by atoms with Gasteiger partial charge in [-0.05, 0) is 28.1 Å². The van der Waals surface area contributed by atoms with E-state index in [4.69, 9.17) is 10.5 Å². The molecule has 0 spiro atoms. The van der Waals surface area contributed by atoms with Crippen LogP contribution in [0, 0.1) is 0 Å². The van der Waals surface area contributed by atoms with Gasteiger partial charge in [-0.15, -0.1) is 0 Å². The van der Waals surface area contributed by atoms with E-state index in [2.05, 4.69) is 15.9 Å². The molecule has 3 nitrogen and oxygen atoms in total. The lowest BCUT2D eigenvalue weighted by Gasteiger charge is -2.23. The number of benzene rings is 1. The van der Waals surface area contributed by atoms with Gasteiger partial charge < -0.3 is 15.6 Å². The van der Waals surface area contributed by atoms with Crippen molar-refractivity contribution < 1.29 is 9.84 Å². The SMILES string of the molecule is NC1CCOc2c1ccc(O)c2Br. The summed E-state index contributed by atoms with van der Waals surface area (Å²) in [6.45, 7) is 0.607. The van der Waals surface area contributed by atoms with Gasteiger partial charge in [-0.25, -0.2) is 0 Å². The predicted molar refractivity (Wildman–Crippen MR) is 52.8 cm³/mol. The van der Waals surface area contributed by atoms with Crippen LogP contribution in [0.25, 0.3) is 0 Å². The van der Waals surface area contributed by atoms with E-state index in [1.165, 1.54) is 0 Å². The molecule has 0 fully saturated rings. The molecule has 1 atom stereocenters. The molecule has 0 saturated heterocycles. The normalized spacial score (nSPS) is 20.6. The number of nitrogens with two attached hydrogens (primary N) is 1. The van der Waals surface area contributed by atoms with Crippen LogP contribution in [0.15, 0.2) is 16.6 Å². The van der Waals surface area contributed by atoms with Gasteiger partial charge in [-0.3, -0.25) is 0 Å². The molecule has 1 aromatic rings. The molecule has 1 aromatic carbocycles. The Balaban J connectivity index is 2.56. The van der Waals surface area contributed by atoms with Crippen LogP contribution in [0.3, 0.4) is 0 Å². The monoisotopic (exact) mass is 243 g/mol. The van der Waals surface area contributed by atoms with E-state index < -0.39 is 0 Å². The van der Waals surface area contributed by atoms with E-state index in [0.29, 0.717) is 16.8 Å². The molecule has 4 heteroatoms. The van der Waals surface area contributed by atoms with Crippen LogP contribution < -0.4 is 10.5 Å². The lowest BCUT2D eigenvalue weighted by molar-refractivity contribution is 0.265. The van der Waals surface area contributed by atoms with E-state index >= 15 is 0 Å². The van der Waals surface area contributed by atoms with Crippen molar-refractivity contribution in [1.29, 1.82) is 0 Å². The molecule has 13 heavy (non-hydrogen) atoms. The van der Waals surface area contributed by atoms with Crippen molar-refractivity contribution in [2.75, 3.05) is 6.61 Å². The van der Waals surface area contributed by atoms with Gasteiger partial charge in [0.1, 0.15) is 16.0 Å². The van der Waals surface area contributed by atoms with Crippen LogP contribution in [-0.4, -0.2) is 11.7 Å². The zero-order valence-corrected chi connectivity index (χ0v) is 8.54. The second-order valence-corrected chi connectivity index (χ2v) is 3.85. The molecule has 2 rings (SSSR count). The minimum atomic E-state index is 0.0145. The summed E-state index contributed by atoms with van der Waals surface area (Å²) in [5.41, 5.74) is 6.84. The standard InChI is InChI=1S/C9H10BrNO2/c10-8-7(12)2-1-5-6(11)3-4-13-9(5)8/h1-2,6,12H,3-4,11H2. The summed E-state index contributed by atoms with van der Waals surface area (Å²) < 4.78 is 6.02. The minimum absolute atomic E-state index is 0.0145. The Morgan fingerprint density at radius 2 is 2.31 bits per heavy atom. The third-order valence-electron chi connectivity index (χ3n) is 2.18. The van der Waals surface area contributed by atoms with E-state index in [9.17, 15) is 5.11 Å². The van der Waals surface area contributed by atoms with Gasteiger partial charge in [0.05, 0.1) is 6.61 Å². The van der Waals surface area contributed by atoms with Crippen LogP contribution in [0.5, 0.6) is 11.5 Å². The molecule has 0 amide bonds. The van der Waals surface area contributed by atoms with E-state index in [0.717, 1.165) is 12.0 Å². The molecular weight excluding hydrogens is 234 g/mol. The maximum Gasteiger partial charge on any atom is 0.141 e. The summed E-state index contributed by atoms with van der Waals surface area (Å²) in [5.74, 6) is 0.867. The fourth-order valence-corrected chi connectivity index (χ4v) is 1.92. The van der Waals surface area contributed by atoms with Crippen LogP contribution in [0.1, 0.15) is 18.0 Å². The number of halogens is 1. The first-order valence-electron chi connectivity index (χ1n) is 4.10. The van der Waals surface area contributed by atoms with Crippen LogP contribution in [-0.2, 0) is 0 Å². The van der Waals surface area contributed by atoms with Gasteiger partial charge >= 0.3 is 0 Å². The molecule has 3 N–H and O–H groups in total. The third kappa shape index (κ3) is 1.40. The van der Waals surface area contributed by atoms with Crippen molar-refractivity contribution >= 4 is 15.9 Å². The quantitative estimate of drug-likeness (QED) is 0.733. The summed E-state index contributed by atoms with van der Waals surface area (Å²) in [7, 11) is 0. The lowest BCUT2D eigenvalue weighted by atomic mass is 10.0. The van der Waals surface area contributed by atoms with Crippen molar-refractivity contribution in [1.82, 2.24) is 0 Å². The number of hydrogen-bond acceptors (Lipinski definition) is 3. The predicted octanol–water partition coefficient (Wildman–Crippen LogP) is 1.94. The van der Waals surface area contributed by atoms with E-state index in [-0.39, 0.29) is 11.8 Å². The molecule has 0 saturated carbocycles. The smallest absolute Gasteiger partial charge is 0.141 e. The highest BCUT2D eigenvalue weighted by Crippen LogP contribution is 2.41. The number of phenolic OH excluding ortho intramolecular Hbond substituents is 1. The van der Waals surface area contributed by atoms with Gasteiger partial charge in [-0.1, -0.05) is 0 Å². The van der Waals surface area contributed by atoms with Gasteiger partial charge in [0.2, 0.25) is 0 Å². The fourth-order valence-electron chi connectivity index (χ4n) is 1.44. The Morgan fingerprint density at radius 1 is 1.54 bits per heavy atom. The maximum atomic E-state index is 9.39. The first kappa shape index (κ1) is 8.84. The Hall–Kier alpha value is -0.740. The van der Waals surface area contributed by atoms with Crippen molar-refractivity contribution in [2.24, 2.45) is 5.73 Å². The van der Waals surface area contributed by atoms with Crippen molar-refractivity contribution in [2.45, 2.75) is 12.5 Å². The van der Waals surface area contributed by atoms with Crippen molar-refractivity contribution in [3.8, 4) is 11.5 Å². The highest BCUT2D eigenvalue weighted by molar-refractivity contribution is 9.10. The number of aromatic hydroxyl groups is 1. The van der Waals surface area contributed by atoms with E-state index in [1.807, 2.05) is 0 Å². The molecule has 0 radical (unpaired) electrons. The third-order valence-corrected chi connectivity index (χ3v) is 2.95. The second-order valence-electron chi connectivity index (χ2n) is 3.06. The number of rotatable bonds is 0. The average Bonchev–Trinajstić information content (AvgIpc) is 2.12. The zero-order chi connectivity index (χ0) is 9.42. The van der Waals surface area contributed by atoms with Gasteiger partial charge in [0.15, 0.2) is 0 Å². The van der Waals surface area contributed by atoms with Crippen LogP contribution >= 0.6 is 15.9 Å². The first-order chi connectivity index (χ1) is 6.20. The highest BCUT2D eigenvalue weighted by atomic mass is 79.9. The second kappa shape index (κ2) is 3.20. The molecule has 70 valence electrons. The Kier molecular flexibility index (Phi) is 2.17. The molecule has 1 unspecified atom stereocenters. The van der Waals surface area contributed by atoms with Crippen molar-refractivity contribution in [3.05, 3.63) is 22.2 Å². The van der Waals surface area contributed by atoms with Gasteiger partial charge in [0.25, 0.3) is 0 Å². The number of ether oxygens (including phenoxy) is 1. The average molecular weight is 244 g/mol. The molecule has 0 bridgehead atoms. The Morgan fingerprint density at radius 3 is 3.08 bits per heavy atom. The Labute approximate surface area is 84.6 Å². The van der Waals surface area contributed by atoms with E-state index in [1.54, 1.807) is 12.1 Å². The van der Waals surface area contributed by atoms with Crippen molar-refractivity contribution in [3.63, 3.8) is 0 Å². The molecular formula is C9H10BrNO2. The maximum absolute atomic E-state index is 9.39. The molecule has 1 aliphatic heterocycles. The molecule has 0 aliphatic carbocycles. The molecule has 1 aliphatic rings. The summed E-state index contributed by atoms with van der Waals surface area (Å²) in [4.78, 5) is 0. The summed E-state index contributed by atoms with van der Waals surface area (Å²) in [6.07, 6.45) is 0.824. The number of hydrogen-bond donors (Lipinski definition) is 2. The summed E-state index contributed by atoms with van der Waals surface area (Å²) in [5, 5.41) is 9.39. The lowest BCUT2D eigenvalue weighted by Crippen LogP contribution is -2.20. The topological polar surface area (TPSA) is 55.5 Å². The number of fused-ring (bicyclic) bond motifs is 1. The van der Waals surface area contributed by atoms with Crippen LogP contribution in [0.2, 0.25) is 0 Å². The summed E-state index contributed by atoms with van der Waals surface area (Å²) >= 11 is 3.26. The largest absolute Gasteiger partial charge is 0.507 e. The Bertz CT molecular complexity index is 341. The fraction of sp³-hybridized carbons (Fsp3) is 0.333.